The van der Waals surface area contributed by atoms with Crippen molar-refractivity contribution < 1.29 is 9.90 Å². The Bertz CT molecular complexity index is 322. The van der Waals surface area contributed by atoms with Gasteiger partial charge >= 0.3 is 5.97 Å². The van der Waals surface area contributed by atoms with Gasteiger partial charge in [0.25, 0.3) is 0 Å². The quantitative estimate of drug-likeness (QED) is 0.753. The van der Waals surface area contributed by atoms with Crippen molar-refractivity contribution in [1.82, 2.24) is 14.7 Å². The summed E-state index contributed by atoms with van der Waals surface area (Å²) >= 11 is 0. The molecule has 1 N–H and O–H groups in total. The maximum absolute atomic E-state index is 10.4. The largest absolute Gasteiger partial charge is 0.481 e. The van der Waals surface area contributed by atoms with E-state index in [-0.39, 0.29) is 6.42 Å². The molecule has 0 aliphatic heterocycles. The Morgan fingerprint density at radius 1 is 1.67 bits per heavy atom. The molecule has 0 saturated carbocycles. The fourth-order valence-electron chi connectivity index (χ4n) is 1.41. The molecular weight excluding hydrogens is 194 g/mol. The summed E-state index contributed by atoms with van der Waals surface area (Å²) in [5.74, 6) is -0.750. The van der Waals surface area contributed by atoms with Crippen molar-refractivity contribution in [2.24, 2.45) is 7.05 Å². The van der Waals surface area contributed by atoms with Gasteiger partial charge in [0.1, 0.15) is 0 Å². The third-order valence-corrected chi connectivity index (χ3v) is 2.25. The van der Waals surface area contributed by atoms with Crippen molar-refractivity contribution in [3.63, 3.8) is 0 Å². The summed E-state index contributed by atoms with van der Waals surface area (Å²) < 4.78 is 1.75. The van der Waals surface area contributed by atoms with E-state index in [1.165, 1.54) is 0 Å². The first-order valence-electron chi connectivity index (χ1n) is 5.03. The molecule has 0 saturated heterocycles. The highest BCUT2D eigenvalue weighted by Gasteiger charge is 2.07. The fourth-order valence-corrected chi connectivity index (χ4v) is 1.41. The third kappa shape index (κ3) is 4.12. The van der Waals surface area contributed by atoms with Crippen molar-refractivity contribution in [2.75, 3.05) is 13.1 Å². The fraction of sp³-hybridized carbons (Fsp3) is 0.600. The van der Waals surface area contributed by atoms with E-state index in [2.05, 4.69) is 10.00 Å². The van der Waals surface area contributed by atoms with Gasteiger partial charge in [-0.2, -0.15) is 5.10 Å². The van der Waals surface area contributed by atoms with Crippen LogP contribution in [0.1, 0.15) is 18.9 Å². The molecule has 0 fully saturated rings. The minimum Gasteiger partial charge on any atom is -0.481 e. The van der Waals surface area contributed by atoms with E-state index >= 15 is 0 Å². The van der Waals surface area contributed by atoms with Gasteiger partial charge in [0.05, 0.1) is 12.6 Å². The molecule has 0 atom stereocenters. The lowest BCUT2D eigenvalue weighted by Crippen LogP contribution is -2.25. The second kappa shape index (κ2) is 5.50. The second-order valence-corrected chi connectivity index (χ2v) is 3.53. The number of aliphatic carboxylic acids is 1. The van der Waals surface area contributed by atoms with Crippen LogP contribution in [0.2, 0.25) is 0 Å². The van der Waals surface area contributed by atoms with Crippen LogP contribution in [0.25, 0.3) is 0 Å². The van der Waals surface area contributed by atoms with E-state index in [1.54, 1.807) is 4.68 Å². The highest BCUT2D eigenvalue weighted by molar-refractivity contribution is 5.66. The average molecular weight is 211 g/mol. The smallest absolute Gasteiger partial charge is 0.304 e. The lowest BCUT2D eigenvalue weighted by molar-refractivity contribution is -0.137. The lowest BCUT2D eigenvalue weighted by atomic mass is 10.3. The molecule has 1 aromatic rings. The van der Waals surface area contributed by atoms with Gasteiger partial charge in [0.2, 0.25) is 0 Å². The highest BCUT2D eigenvalue weighted by Crippen LogP contribution is 2.03. The van der Waals surface area contributed by atoms with Crippen molar-refractivity contribution in [2.45, 2.75) is 19.9 Å². The molecule has 0 aliphatic rings. The highest BCUT2D eigenvalue weighted by atomic mass is 16.4. The van der Waals surface area contributed by atoms with Crippen LogP contribution in [0.5, 0.6) is 0 Å². The molecule has 0 radical (unpaired) electrons. The van der Waals surface area contributed by atoms with Crippen LogP contribution in [0.3, 0.4) is 0 Å². The van der Waals surface area contributed by atoms with Crippen LogP contribution in [-0.4, -0.2) is 38.8 Å². The van der Waals surface area contributed by atoms with E-state index in [9.17, 15) is 4.79 Å². The van der Waals surface area contributed by atoms with Crippen LogP contribution < -0.4 is 0 Å². The number of aryl methyl sites for hydroxylation is 1. The number of rotatable bonds is 6. The molecule has 84 valence electrons. The molecular formula is C10H17N3O2. The molecule has 0 spiro atoms. The third-order valence-electron chi connectivity index (χ3n) is 2.25. The molecule has 0 aliphatic carbocycles. The second-order valence-electron chi connectivity index (χ2n) is 3.53. The molecule has 0 aromatic carbocycles. The predicted octanol–water partition coefficient (Wildman–Crippen LogP) is 0.717. The Morgan fingerprint density at radius 3 is 2.87 bits per heavy atom. The normalized spacial score (nSPS) is 10.9. The van der Waals surface area contributed by atoms with E-state index < -0.39 is 5.97 Å². The SMILES string of the molecule is CCN(CCC(=O)O)Cc1cnn(C)c1. The van der Waals surface area contributed by atoms with Crippen LogP contribution in [0, 0.1) is 0 Å². The molecule has 1 heterocycles. The Morgan fingerprint density at radius 2 is 2.40 bits per heavy atom. The number of hydrogen-bond acceptors (Lipinski definition) is 3. The first-order valence-corrected chi connectivity index (χ1v) is 5.03. The predicted molar refractivity (Wildman–Crippen MR) is 56.4 cm³/mol. The summed E-state index contributed by atoms with van der Waals surface area (Å²) in [4.78, 5) is 12.5. The van der Waals surface area contributed by atoms with Gasteiger partial charge in [-0.25, -0.2) is 0 Å². The molecule has 1 aromatic heterocycles. The van der Waals surface area contributed by atoms with Crippen LogP contribution >= 0.6 is 0 Å². The average Bonchev–Trinajstić information content (AvgIpc) is 2.58. The van der Waals surface area contributed by atoms with Gasteiger partial charge < -0.3 is 5.11 Å². The molecule has 5 nitrogen and oxygen atoms in total. The van der Waals surface area contributed by atoms with E-state index in [0.29, 0.717) is 6.54 Å². The minimum atomic E-state index is -0.750. The molecule has 15 heavy (non-hydrogen) atoms. The van der Waals surface area contributed by atoms with E-state index in [4.69, 9.17) is 5.11 Å². The minimum absolute atomic E-state index is 0.189. The summed E-state index contributed by atoms with van der Waals surface area (Å²) in [7, 11) is 1.87. The van der Waals surface area contributed by atoms with Crippen molar-refractivity contribution in [1.29, 1.82) is 0 Å². The Hall–Kier alpha value is -1.36. The van der Waals surface area contributed by atoms with Gasteiger partial charge in [0, 0.05) is 31.9 Å². The summed E-state index contributed by atoms with van der Waals surface area (Å²) in [5, 5.41) is 12.7. The number of carboxylic acids is 1. The molecule has 0 amide bonds. The number of carboxylic acid groups (broad SMARTS) is 1. The van der Waals surface area contributed by atoms with Gasteiger partial charge in [-0.3, -0.25) is 14.4 Å². The van der Waals surface area contributed by atoms with Crippen molar-refractivity contribution in [3.05, 3.63) is 18.0 Å². The molecule has 0 bridgehead atoms. The Labute approximate surface area is 89.3 Å². The summed E-state index contributed by atoms with van der Waals surface area (Å²) in [6.07, 6.45) is 3.95. The Balaban J connectivity index is 2.42. The van der Waals surface area contributed by atoms with Crippen molar-refractivity contribution in [3.8, 4) is 0 Å². The van der Waals surface area contributed by atoms with Gasteiger partial charge in [-0.05, 0) is 6.54 Å². The lowest BCUT2D eigenvalue weighted by Gasteiger charge is -2.18. The maximum Gasteiger partial charge on any atom is 0.304 e. The zero-order valence-corrected chi connectivity index (χ0v) is 9.18. The number of carbonyl (C=O) groups is 1. The van der Waals surface area contributed by atoms with Crippen LogP contribution in [0.4, 0.5) is 0 Å². The first kappa shape index (κ1) is 11.7. The Kier molecular flexibility index (Phi) is 4.30. The maximum atomic E-state index is 10.4. The molecule has 0 unspecified atom stereocenters. The summed E-state index contributed by atoms with van der Waals surface area (Å²) in [5.41, 5.74) is 1.12. The number of hydrogen-bond donors (Lipinski definition) is 1. The zero-order valence-electron chi connectivity index (χ0n) is 9.18. The molecule has 5 heteroatoms. The van der Waals surface area contributed by atoms with E-state index in [1.807, 2.05) is 26.4 Å². The van der Waals surface area contributed by atoms with E-state index in [0.717, 1.165) is 18.7 Å². The van der Waals surface area contributed by atoms with Gasteiger partial charge in [-0.15, -0.1) is 0 Å². The van der Waals surface area contributed by atoms with Crippen LogP contribution in [0.15, 0.2) is 12.4 Å². The topological polar surface area (TPSA) is 58.4 Å². The van der Waals surface area contributed by atoms with Crippen molar-refractivity contribution >= 4 is 5.97 Å². The standard InChI is InChI=1S/C10H17N3O2/c1-3-13(5-4-10(14)15)8-9-6-11-12(2)7-9/h6-7H,3-5,8H2,1-2H3,(H,14,15). The summed E-state index contributed by atoms with van der Waals surface area (Å²) in [6, 6.07) is 0. The van der Waals surface area contributed by atoms with Gasteiger partial charge in [-0.1, -0.05) is 6.92 Å². The summed E-state index contributed by atoms with van der Waals surface area (Å²) in [6.45, 7) is 4.22. The zero-order chi connectivity index (χ0) is 11.3. The first-order chi connectivity index (χ1) is 7.11. The molecule has 1 rings (SSSR count). The number of nitrogens with zero attached hydrogens (tertiary/aromatic N) is 3. The monoisotopic (exact) mass is 211 g/mol. The van der Waals surface area contributed by atoms with Gasteiger partial charge in [0.15, 0.2) is 0 Å². The van der Waals surface area contributed by atoms with Crippen LogP contribution in [-0.2, 0) is 18.4 Å². The number of aromatic nitrogens is 2.